The number of nitrogens with zero attached hydrogens (tertiary/aromatic N) is 12. The van der Waals surface area contributed by atoms with Crippen LogP contribution in [-0.2, 0) is 51.0 Å². The molecular formula is C50H44BBr3F9N13O5. The Kier molecular flexibility index (Phi) is 22.3. The molecule has 0 aliphatic rings. The predicted octanol–water partition coefficient (Wildman–Crippen LogP) is 8.47. The molecule has 3 heterocycles. The number of rotatable bonds is 14. The van der Waals surface area contributed by atoms with Crippen LogP contribution in [0, 0.1) is 0 Å². The molecule has 18 nitrogen and oxygen atoms in total. The number of aliphatic hydroxyl groups is 3. The van der Waals surface area contributed by atoms with Gasteiger partial charge in [0.1, 0.15) is 0 Å². The van der Waals surface area contributed by atoms with Gasteiger partial charge >= 0.3 is 25.6 Å². The van der Waals surface area contributed by atoms with Crippen LogP contribution in [0.4, 0.5) is 45.2 Å². The Morgan fingerprint density at radius 2 is 0.741 bits per heavy atom. The van der Waals surface area contributed by atoms with Crippen molar-refractivity contribution in [2.75, 3.05) is 25.6 Å². The topological polar surface area (TPSA) is 258 Å². The summed E-state index contributed by atoms with van der Waals surface area (Å²) in [4.78, 5) is 3.91. The maximum absolute atomic E-state index is 12.7. The normalized spacial score (nSPS) is 11.5. The first kappa shape index (κ1) is 63.2. The SMILES string of the molecule is Nc1ccc(Br)cc1-c1nnn(CCO)n1.OB(O)c1ccc(C(F)(F)F)cc1.OCCn1nnc(-c2cc(Br)ccc2Cc2ccc(C(F)(F)F)cc2)n1.OCCn1nnc(-c2cc(Br)ccc2Cc2ccc(C(F)(F)F)cc2)n1. The fourth-order valence-corrected chi connectivity index (χ4v) is 8.14. The zero-order valence-corrected chi connectivity index (χ0v) is 46.3. The Labute approximate surface area is 479 Å². The van der Waals surface area contributed by atoms with E-state index in [2.05, 4.69) is 94.0 Å². The molecule has 0 aliphatic heterocycles. The second kappa shape index (κ2) is 28.6. The maximum Gasteiger partial charge on any atom is 0.488 e. The monoisotopic (exact) mass is 1330 g/mol. The Morgan fingerprint density at radius 1 is 0.432 bits per heavy atom. The molecule has 3 aromatic heterocycles. The highest BCUT2D eigenvalue weighted by molar-refractivity contribution is 9.11. The van der Waals surface area contributed by atoms with Crippen LogP contribution in [0.5, 0.6) is 0 Å². The molecule has 0 bridgehead atoms. The number of hydrogen-bond acceptors (Lipinski definition) is 15. The van der Waals surface area contributed by atoms with Gasteiger partial charge in [-0.25, -0.2) is 0 Å². The van der Waals surface area contributed by atoms with E-state index in [1.165, 1.54) is 38.7 Å². The van der Waals surface area contributed by atoms with Crippen LogP contribution < -0.4 is 11.2 Å². The lowest BCUT2D eigenvalue weighted by Gasteiger charge is -2.10. The highest BCUT2D eigenvalue weighted by Crippen LogP contribution is 2.33. The number of alkyl halides is 9. The lowest BCUT2D eigenvalue weighted by Crippen LogP contribution is -2.29. The van der Waals surface area contributed by atoms with Gasteiger partial charge in [0.05, 0.1) is 56.1 Å². The number of anilines is 1. The van der Waals surface area contributed by atoms with Crippen molar-refractivity contribution in [2.45, 2.75) is 51.0 Å². The van der Waals surface area contributed by atoms with E-state index in [1.54, 1.807) is 6.07 Å². The predicted molar refractivity (Wildman–Crippen MR) is 288 cm³/mol. The second-order valence-corrected chi connectivity index (χ2v) is 19.6. The lowest BCUT2D eigenvalue weighted by molar-refractivity contribution is -0.138. The molecule has 0 atom stereocenters. The summed E-state index contributed by atoms with van der Waals surface area (Å²) in [6, 6.07) is 30.3. The summed E-state index contributed by atoms with van der Waals surface area (Å²) in [5, 5.41) is 79.8. The molecule has 9 rings (SSSR count). The molecular weight excluding hydrogens is 1280 g/mol. The number of nitrogen functional groups attached to an aromatic ring is 1. The number of aliphatic hydroxyl groups excluding tert-OH is 3. The summed E-state index contributed by atoms with van der Waals surface area (Å²) in [7, 11) is -1.73. The van der Waals surface area contributed by atoms with Crippen LogP contribution in [0.1, 0.15) is 38.9 Å². The van der Waals surface area contributed by atoms with Crippen LogP contribution in [0.2, 0.25) is 0 Å². The number of aromatic nitrogens is 12. The Hall–Kier alpha value is -7.00. The Bertz CT molecular complexity index is 3300. The van der Waals surface area contributed by atoms with Gasteiger partial charge in [0, 0.05) is 35.8 Å². The zero-order valence-electron chi connectivity index (χ0n) is 41.6. The molecule has 0 saturated carbocycles. The number of tetrazole rings is 3. The largest absolute Gasteiger partial charge is 0.488 e. The van der Waals surface area contributed by atoms with E-state index in [-0.39, 0.29) is 38.4 Å². The summed E-state index contributed by atoms with van der Waals surface area (Å²) in [6.07, 6.45) is -12.2. The molecule has 9 aromatic rings. The first-order valence-electron chi connectivity index (χ1n) is 23.5. The fourth-order valence-electron chi connectivity index (χ4n) is 7.06. The number of hydrogen-bond donors (Lipinski definition) is 6. The van der Waals surface area contributed by atoms with E-state index < -0.39 is 42.3 Å². The van der Waals surface area contributed by atoms with Crippen LogP contribution in [0.3, 0.4) is 0 Å². The van der Waals surface area contributed by atoms with Gasteiger partial charge < -0.3 is 31.1 Å². The molecule has 7 N–H and O–H groups in total. The van der Waals surface area contributed by atoms with Crippen molar-refractivity contribution in [1.82, 2.24) is 60.6 Å². The van der Waals surface area contributed by atoms with Crippen LogP contribution in [0.15, 0.2) is 141 Å². The first-order valence-corrected chi connectivity index (χ1v) is 25.9. The van der Waals surface area contributed by atoms with Gasteiger partial charge in [-0.15, -0.1) is 30.6 Å². The Morgan fingerprint density at radius 3 is 1.06 bits per heavy atom. The second-order valence-electron chi connectivity index (χ2n) is 16.9. The fraction of sp³-hybridized carbons (Fsp3) is 0.220. The van der Waals surface area contributed by atoms with Gasteiger partial charge in [-0.1, -0.05) is 108 Å². The van der Waals surface area contributed by atoms with Crippen molar-refractivity contribution in [3.8, 4) is 34.2 Å². The first-order chi connectivity index (χ1) is 38.3. The van der Waals surface area contributed by atoms with E-state index in [9.17, 15) is 39.5 Å². The third-order valence-electron chi connectivity index (χ3n) is 11.0. The third kappa shape index (κ3) is 18.8. The van der Waals surface area contributed by atoms with Gasteiger partial charge in [-0.2, -0.15) is 53.9 Å². The van der Waals surface area contributed by atoms with Crippen molar-refractivity contribution in [3.63, 3.8) is 0 Å². The quantitative estimate of drug-likeness (QED) is 0.0339. The van der Waals surface area contributed by atoms with Crippen molar-refractivity contribution in [3.05, 3.63) is 180 Å². The minimum absolute atomic E-state index is 0.0240. The summed E-state index contributed by atoms with van der Waals surface area (Å²) in [5.74, 6) is 1.23. The smallest absolute Gasteiger partial charge is 0.423 e. The van der Waals surface area contributed by atoms with Gasteiger partial charge in [0.2, 0.25) is 17.5 Å². The maximum atomic E-state index is 12.7. The molecule has 31 heteroatoms. The molecule has 0 radical (unpaired) electrons. The van der Waals surface area contributed by atoms with Gasteiger partial charge in [0.15, 0.2) is 0 Å². The number of benzene rings is 6. The molecule has 81 heavy (non-hydrogen) atoms. The van der Waals surface area contributed by atoms with E-state index in [0.717, 1.165) is 101 Å². The summed E-state index contributed by atoms with van der Waals surface area (Å²) >= 11 is 10.2. The summed E-state index contributed by atoms with van der Waals surface area (Å²) < 4.78 is 115. The average Bonchev–Trinajstić information content (AvgIpc) is 4.22. The molecule has 0 aliphatic carbocycles. The summed E-state index contributed by atoms with van der Waals surface area (Å²) in [5.41, 5.74) is 9.65. The molecule has 0 saturated heterocycles. The van der Waals surface area contributed by atoms with Gasteiger partial charge in [-0.3, -0.25) is 0 Å². The van der Waals surface area contributed by atoms with E-state index in [1.807, 2.05) is 48.5 Å². The molecule has 0 amide bonds. The Balaban J connectivity index is 0.000000181. The molecule has 0 unspecified atom stereocenters. The molecule has 6 aromatic carbocycles. The number of halogens is 12. The average molecular weight is 1330 g/mol. The molecule has 0 fully saturated rings. The highest BCUT2D eigenvalue weighted by Gasteiger charge is 2.32. The van der Waals surface area contributed by atoms with E-state index >= 15 is 0 Å². The van der Waals surface area contributed by atoms with Crippen LogP contribution in [0.25, 0.3) is 34.2 Å². The van der Waals surface area contributed by atoms with Crippen molar-refractivity contribution < 1.29 is 64.9 Å². The standard InChI is InChI=1S/2C17H14BrF3N4O.C9H10BrN5O.C7H6BF3O2/c2*18-14-6-3-12(9-11-1-4-13(5-2-11)17(19,20)21)15(10-14)16-22-24-25(23-16)7-8-26;10-6-1-2-8(11)7(5-6)9-12-14-15(13-9)3-4-16;9-7(10,11)5-1-3-6(4-2-5)8(12)13/h2*1-6,10,26H,7-9H2;1-2,5,16H,3-4,11H2;1-4,12-13H. The van der Waals surface area contributed by atoms with Crippen molar-refractivity contribution in [2.24, 2.45) is 0 Å². The van der Waals surface area contributed by atoms with Crippen LogP contribution >= 0.6 is 47.8 Å². The zero-order chi connectivity index (χ0) is 59.1. The van der Waals surface area contributed by atoms with Gasteiger partial charge in [0.25, 0.3) is 0 Å². The molecule has 426 valence electrons. The van der Waals surface area contributed by atoms with Crippen molar-refractivity contribution >= 4 is 66.1 Å². The minimum Gasteiger partial charge on any atom is -0.423 e. The third-order valence-corrected chi connectivity index (χ3v) is 12.5. The van der Waals surface area contributed by atoms with Crippen LogP contribution in [-0.4, -0.2) is 113 Å². The van der Waals surface area contributed by atoms with Gasteiger partial charge in [-0.05, 0) is 123 Å². The van der Waals surface area contributed by atoms with Crippen molar-refractivity contribution in [1.29, 1.82) is 0 Å². The number of nitrogens with two attached hydrogens (primary N) is 1. The molecule has 0 spiro atoms. The van der Waals surface area contributed by atoms with E-state index in [0.29, 0.717) is 42.5 Å². The minimum atomic E-state index is -4.39. The summed E-state index contributed by atoms with van der Waals surface area (Å²) in [6.45, 7) is 0.550. The highest BCUT2D eigenvalue weighted by atomic mass is 79.9. The lowest BCUT2D eigenvalue weighted by atomic mass is 9.80. The van der Waals surface area contributed by atoms with E-state index in [4.69, 9.17) is 31.1 Å².